The maximum Gasteiger partial charge on any atom is 0.242 e. The van der Waals surface area contributed by atoms with Crippen molar-refractivity contribution in [2.75, 3.05) is 13.1 Å². The fourth-order valence-corrected chi connectivity index (χ4v) is 1.69. The van der Waals surface area contributed by atoms with Gasteiger partial charge in [-0.05, 0) is 13.0 Å². The van der Waals surface area contributed by atoms with Crippen LogP contribution in [0.15, 0.2) is 12.3 Å². The Bertz CT molecular complexity index is 447. The molecule has 90 valence electrons. The van der Waals surface area contributed by atoms with E-state index in [1.807, 2.05) is 0 Å². The van der Waals surface area contributed by atoms with Crippen LogP contribution in [-0.4, -0.2) is 39.8 Å². The Labute approximate surface area is 99.1 Å². The third-order valence-electron chi connectivity index (χ3n) is 2.58. The Kier molecular flexibility index (Phi) is 3.32. The van der Waals surface area contributed by atoms with Crippen molar-refractivity contribution in [3.05, 3.63) is 23.8 Å². The summed E-state index contributed by atoms with van der Waals surface area (Å²) in [4.78, 5) is 32.8. The van der Waals surface area contributed by atoms with E-state index in [0.717, 1.165) is 5.69 Å². The van der Waals surface area contributed by atoms with Crippen LogP contribution in [-0.2, 0) is 16.1 Å². The van der Waals surface area contributed by atoms with Gasteiger partial charge in [0.15, 0.2) is 0 Å². The highest BCUT2D eigenvalue weighted by atomic mass is 16.2. The summed E-state index contributed by atoms with van der Waals surface area (Å²) < 4.78 is 0. The molecule has 0 bridgehead atoms. The van der Waals surface area contributed by atoms with Crippen molar-refractivity contribution in [3.63, 3.8) is 0 Å². The molecule has 1 aliphatic rings. The third-order valence-corrected chi connectivity index (χ3v) is 2.58. The van der Waals surface area contributed by atoms with E-state index in [1.54, 1.807) is 24.1 Å². The van der Waals surface area contributed by atoms with Gasteiger partial charge in [0, 0.05) is 19.2 Å². The number of aryl methyl sites for hydroxylation is 1. The minimum absolute atomic E-state index is 0.0723. The standard InChI is InChI=1S/C11H14N4O2/c1-8-12-4-2-9(14-8)7-15-5-3-10(16)13-6-11(15)17/h2,4H,3,5-7H2,1H3,(H,13,16). The summed E-state index contributed by atoms with van der Waals surface area (Å²) >= 11 is 0. The summed E-state index contributed by atoms with van der Waals surface area (Å²) in [6, 6.07) is 1.78. The first-order valence-corrected chi connectivity index (χ1v) is 5.48. The Morgan fingerprint density at radius 3 is 3.06 bits per heavy atom. The van der Waals surface area contributed by atoms with Gasteiger partial charge >= 0.3 is 0 Å². The van der Waals surface area contributed by atoms with Crippen molar-refractivity contribution in [1.82, 2.24) is 20.2 Å². The Morgan fingerprint density at radius 1 is 1.47 bits per heavy atom. The molecule has 1 fully saturated rings. The van der Waals surface area contributed by atoms with Crippen LogP contribution in [0.4, 0.5) is 0 Å². The summed E-state index contributed by atoms with van der Waals surface area (Å²) in [6.45, 7) is 2.74. The second-order valence-electron chi connectivity index (χ2n) is 3.94. The molecule has 0 atom stereocenters. The first kappa shape index (κ1) is 11.5. The molecule has 2 heterocycles. The molecular weight excluding hydrogens is 220 g/mol. The highest BCUT2D eigenvalue weighted by molar-refractivity contribution is 5.87. The van der Waals surface area contributed by atoms with Crippen LogP contribution in [0.2, 0.25) is 0 Å². The minimum atomic E-state index is -0.0836. The van der Waals surface area contributed by atoms with Crippen LogP contribution in [0.1, 0.15) is 17.9 Å². The van der Waals surface area contributed by atoms with Crippen LogP contribution in [0.3, 0.4) is 0 Å². The summed E-state index contributed by atoms with van der Waals surface area (Å²) in [5.41, 5.74) is 0.792. The van der Waals surface area contributed by atoms with Crippen LogP contribution in [0.25, 0.3) is 0 Å². The SMILES string of the molecule is Cc1nccc(CN2CCC(=O)NCC2=O)n1. The Balaban J connectivity index is 2.07. The lowest BCUT2D eigenvalue weighted by Crippen LogP contribution is -2.35. The van der Waals surface area contributed by atoms with Gasteiger partial charge < -0.3 is 10.2 Å². The zero-order chi connectivity index (χ0) is 12.3. The van der Waals surface area contributed by atoms with Crippen LogP contribution in [0.5, 0.6) is 0 Å². The highest BCUT2D eigenvalue weighted by Crippen LogP contribution is 2.05. The maximum absolute atomic E-state index is 11.7. The van der Waals surface area contributed by atoms with E-state index < -0.39 is 0 Å². The van der Waals surface area contributed by atoms with Gasteiger partial charge in [0.1, 0.15) is 5.82 Å². The Hall–Kier alpha value is -1.98. The lowest BCUT2D eigenvalue weighted by atomic mass is 10.3. The molecule has 0 radical (unpaired) electrons. The van der Waals surface area contributed by atoms with Gasteiger partial charge in [0.25, 0.3) is 0 Å². The van der Waals surface area contributed by atoms with Gasteiger partial charge in [0.2, 0.25) is 11.8 Å². The molecule has 0 aliphatic carbocycles. The normalized spacial score (nSPS) is 16.6. The number of nitrogens with one attached hydrogen (secondary N) is 1. The number of carbonyl (C=O) groups is 2. The van der Waals surface area contributed by atoms with E-state index >= 15 is 0 Å². The molecule has 1 saturated heterocycles. The topological polar surface area (TPSA) is 75.2 Å². The number of hydrogen-bond donors (Lipinski definition) is 1. The summed E-state index contributed by atoms with van der Waals surface area (Å²) in [5.74, 6) is 0.519. The number of carbonyl (C=O) groups excluding carboxylic acids is 2. The van der Waals surface area contributed by atoms with Crippen molar-refractivity contribution in [3.8, 4) is 0 Å². The van der Waals surface area contributed by atoms with Gasteiger partial charge in [-0.1, -0.05) is 0 Å². The van der Waals surface area contributed by atoms with E-state index in [9.17, 15) is 9.59 Å². The van der Waals surface area contributed by atoms with E-state index in [4.69, 9.17) is 0 Å². The monoisotopic (exact) mass is 234 g/mol. The largest absolute Gasteiger partial charge is 0.347 e. The highest BCUT2D eigenvalue weighted by Gasteiger charge is 2.20. The number of aromatic nitrogens is 2. The van der Waals surface area contributed by atoms with Gasteiger partial charge in [-0.25, -0.2) is 9.97 Å². The summed E-state index contributed by atoms with van der Waals surface area (Å²) in [7, 11) is 0. The van der Waals surface area contributed by atoms with Crippen molar-refractivity contribution >= 4 is 11.8 Å². The van der Waals surface area contributed by atoms with Crippen LogP contribution < -0.4 is 5.32 Å². The van der Waals surface area contributed by atoms with Crippen molar-refractivity contribution in [2.24, 2.45) is 0 Å². The molecule has 1 N–H and O–H groups in total. The molecule has 1 aliphatic heterocycles. The van der Waals surface area contributed by atoms with Gasteiger partial charge in [-0.2, -0.15) is 0 Å². The van der Waals surface area contributed by atoms with Crippen molar-refractivity contribution < 1.29 is 9.59 Å². The number of amides is 2. The molecule has 6 heteroatoms. The number of hydrogen-bond acceptors (Lipinski definition) is 4. The molecular formula is C11H14N4O2. The van der Waals surface area contributed by atoms with Gasteiger partial charge in [0.05, 0.1) is 18.8 Å². The zero-order valence-corrected chi connectivity index (χ0v) is 9.64. The smallest absolute Gasteiger partial charge is 0.242 e. The van der Waals surface area contributed by atoms with E-state index in [0.29, 0.717) is 25.3 Å². The molecule has 17 heavy (non-hydrogen) atoms. The molecule has 0 unspecified atom stereocenters. The van der Waals surface area contributed by atoms with E-state index in [1.165, 1.54) is 0 Å². The van der Waals surface area contributed by atoms with E-state index in [-0.39, 0.29) is 18.4 Å². The predicted molar refractivity (Wildman–Crippen MR) is 59.8 cm³/mol. The molecule has 0 aromatic carbocycles. The van der Waals surface area contributed by atoms with Gasteiger partial charge in [-0.15, -0.1) is 0 Å². The lowest BCUT2D eigenvalue weighted by molar-refractivity contribution is -0.130. The molecule has 1 aromatic rings. The average molecular weight is 234 g/mol. The summed E-state index contributed by atoms with van der Waals surface area (Å²) in [6.07, 6.45) is 2.01. The molecule has 0 spiro atoms. The molecule has 0 saturated carbocycles. The lowest BCUT2D eigenvalue weighted by Gasteiger charge is -2.19. The molecule has 2 rings (SSSR count). The first-order valence-electron chi connectivity index (χ1n) is 5.48. The van der Waals surface area contributed by atoms with Crippen molar-refractivity contribution in [1.29, 1.82) is 0 Å². The minimum Gasteiger partial charge on any atom is -0.347 e. The van der Waals surface area contributed by atoms with E-state index in [2.05, 4.69) is 15.3 Å². The average Bonchev–Trinajstić information content (AvgIpc) is 2.45. The van der Waals surface area contributed by atoms with Crippen molar-refractivity contribution in [2.45, 2.75) is 19.9 Å². The Morgan fingerprint density at radius 2 is 2.29 bits per heavy atom. The number of rotatable bonds is 2. The maximum atomic E-state index is 11.7. The van der Waals surface area contributed by atoms with Gasteiger partial charge in [-0.3, -0.25) is 9.59 Å². The quantitative estimate of drug-likeness (QED) is 0.757. The predicted octanol–water partition coefficient (Wildman–Crippen LogP) is -0.366. The second kappa shape index (κ2) is 4.90. The second-order valence-corrected chi connectivity index (χ2v) is 3.94. The fourth-order valence-electron chi connectivity index (χ4n) is 1.69. The summed E-state index contributed by atoms with van der Waals surface area (Å²) in [5, 5.41) is 2.56. The molecule has 1 aromatic heterocycles. The fraction of sp³-hybridized carbons (Fsp3) is 0.455. The third kappa shape index (κ3) is 2.99. The van der Waals surface area contributed by atoms with Crippen LogP contribution in [0, 0.1) is 6.92 Å². The number of nitrogens with zero attached hydrogens (tertiary/aromatic N) is 3. The first-order chi connectivity index (χ1) is 8.15. The molecule has 6 nitrogen and oxygen atoms in total. The molecule has 2 amide bonds. The zero-order valence-electron chi connectivity index (χ0n) is 9.64. The van der Waals surface area contributed by atoms with Crippen LogP contribution >= 0.6 is 0 Å².